The van der Waals surface area contributed by atoms with Crippen LogP contribution in [-0.2, 0) is 6.54 Å². The molecule has 0 bridgehead atoms. The van der Waals surface area contributed by atoms with E-state index in [1.165, 1.54) is 16.8 Å². The Balaban J connectivity index is 1.73. The summed E-state index contributed by atoms with van der Waals surface area (Å²) in [6.07, 6.45) is 3.49. The number of carbonyl (C=O) groups excluding carboxylic acids is 1. The van der Waals surface area contributed by atoms with Crippen LogP contribution >= 0.6 is 0 Å². The van der Waals surface area contributed by atoms with Crippen LogP contribution in [0.2, 0.25) is 0 Å². The minimum atomic E-state index is -0.308. The maximum absolute atomic E-state index is 13.2. The number of aromatic nitrogens is 3. The van der Waals surface area contributed by atoms with Crippen molar-refractivity contribution in [2.24, 2.45) is 5.92 Å². The average molecular weight is 332 g/mol. The van der Waals surface area contributed by atoms with Crippen LogP contribution in [0.5, 0.6) is 0 Å². The van der Waals surface area contributed by atoms with E-state index in [9.17, 15) is 14.3 Å². The first-order valence-electron chi connectivity index (χ1n) is 8.15. The van der Waals surface area contributed by atoms with Gasteiger partial charge in [-0.3, -0.25) is 4.79 Å². The van der Waals surface area contributed by atoms with Gasteiger partial charge in [-0.25, -0.2) is 9.07 Å². The van der Waals surface area contributed by atoms with Gasteiger partial charge in [0.25, 0.3) is 5.91 Å². The van der Waals surface area contributed by atoms with Crippen molar-refractivity contribution < 1.29 is 14.3 Å². The van der Waals surface area contributed by atoms with Crippen LogP contribution in [0.15, 0.2) is 30.5 Å². The minimum Gasteiger partial charge on any atom is -0.394 e. The molecule has 0 spiro atoms. The lowest BCUT2D eigenvalue weighted by molar-refractivity contribution is 0.0353. The van der Waals surface area contributed by atoms with Gasteiger partial charge in [0.15, 0.2) is 5.69 Å². The summed E-state index contributed by atoms with van der Waals surface area (Å²) in [7, 11) is 0. The molecule has 0 aliphatic carbocycles. The van der Waals surface area contributed by atoms with Crippen LogP contribution in [0, 0.1) is 11.7 Å². The van der Waals surface area contributed by atoms with E-state index in [1.54, 1.807) is 23.2 Å². The quantitative estimate of drug-likeness (QED) is 0.925. The van der Waals surface area contributed by atoms with Crippen LogP contribution < -0.4 is 0 Å². The van der Waals surface area contributed by atoms with E-state index in [1.807, 2.05) is 6.92 Å². The van der Waals surface area contributed by atoms with E-state index >= 15 is 0 Å². The molecule has 7 heteroatoms. The van der Waals surface area contributed by atoms with E-state index in [4.69, 9.17) is 0 Å². The zero-order valence-corrected chi connectivity index (χ0v) is 13.6. The fraction of sp³-hybridized carbons (Fsp3) is 0.471. The van der Waals surface area contributed by atoms with Gasteiger partial charge in [0.2, 0.25) is 0 Å². The highest BCUT2D eigenvalue weighted by atomic mass is 19.1. The largest absolute Gasteiger partial charge is 0.394 e. The zero-order chi connectivity index (χ0) is 17.1. The first-order chi connectivity index (χ1) is 11.6. The molecule has 1 aromatic heterocycles. The lowest BCUT2D eigenvalue weighted by atomic mass is 9.91. The van der Waals surface area contributed by atoms with E-state index in [2.05, 4.69) is 10.3 Å². The molecule has 1 fully saturated rings. The van der Waals surface area contributed by atoms with E-state index in [0.29, 0.717) is 13.1 Å². The number of piperidine rings is 1. The van der Waals surface area contributed by atoms with Crippen molar-refractivity contribution in [2.75, 3.05) is 13.2 Å². The third-order valence-electron chi connectivity index (χ3n) is 4.55. The topological polar surface area (TPSA) is 71.2 Å². The standard InChI is InChI=1S/C17H21FN4O2/c1-12-4-3-7-22(16(12)11-23)17(24)15-10-21(20-19-15)9-13-5-2-6-14(18)8-13/h2,5-6,8,10,12,16,23H,3-4,7,9,11H2,1H3. The Morgan fingerprint density at radius 1 is 1.46 bits per heavy atom. The molecule has 6 nitrogen and oxygen atoms in total. The Bertz CT molecular complexity index is 718. The highest BCUT2D eigenvalue weighted by Gasteiger charge is 2.32. The summed E-state index contributed by atoms with van der Waals surface area (Å²) < 4.78 is 14.8. The Hall–Kier alpha value is -2.28. The fourth-order valence-corrected chi connectivity index (χ4v) is 3.22. The van der Waals surface area contributed by atoms with Gasteiger partial charge >= 0.3 is 0 Å². The van der Waals surface area contributed by atoms with Crippen LogP contribution in [0.25, 0.3) is 0 Å². The highest BCUT2D eigenvalue weighted by Crippen LogP contribution is 2.24. The third kappa shape index (κ3) is 3.46. The molecule has 0 saturated carbocycles. The number of aliphatic hydroxyl groups excluding tert-OH is 1. The lowest BCUT2D eigenvalue weighted by Crippen LogP contribution is -2.49. The summed E-state index contributed by atoms with van der Waals surface area (Å²) in [5, 5.41) is 17.5. The first-order valence-corrected chi connectivity index (χ1v) is 8.15. The van der Waals surface area contributed by atoms with Crippen LogP contribution in [0.4, 0.5) is 4.39 Å². The summed E-state index contributed by atoms with van der Waals surface area (Å²) in [5.74, 6) is -0.266. The normalized spacial score (nSPS) is 21.0. The number of likely N-dealkylation sites (tertiary alicyclic amines) is 1. The molecule has 2 aromatic rings. The van der Waals surface area contributed by atoms with Gasteiger partial charge in [0.05, 0.1) is 25.4 Å². The van der Waals surface area contributed by atoms with Crippen molar-refractivity contribution in [3.8, 4) is 0 Å². The van der Waals surface area contributed by atoms with Crippen LogP contribution in [0.3, 0.4) is 0 Å². The number of hydrogen-bond acceptors (Lipinski definition) is 4. The number of hydrogen-bond donors (Lipinski definition) is 1. The average Bonchev–Trinajstić information content (AvgIpc) is 3.02. The van der Waals surface area contributed by atoms with Gasteiger partial charge in [0.1, 0.15) is 5.82 Å². The van der Waals surface area contributed by atoms with Crippen molar-refractivity contribution >= 4 is 5.91 Å². The van der Waals surface area contributed by atoms with Crippen molar-refractivity contribution in [3.63, 3.8) is 0 Å². The third-order valence-corrected chi connectivity index (χ3v) is 4.55. The first kappa shape index (κ1) is 16.6. The minimum absolute atomic E-state index is 0.0513. The second-order valence-corrected chi connectivity index (χ2v) is 6.30. The van der Waals surface area contributed by atoms with Crippen molar-refractivity contribution in [1.29, 1.82) is 0 Å². The molecule has 1 amide bonds. The molecule has 2 unspecified atom stereocenters. The zero-order valence-electron chi connectivity index (χ0n) is 13.6. The van der Waals surface area contributed by atoms with Gasteiger partial charge in [-0.1, -0.05) is 24.3 Å². The summed E-state index contributed by atoms with van der Waals surface area (Å²) in [4.78, 5) is 14.4. The number of benzene rings is 1. The Morgan fingerprint density at radius 2 is 2.29 bits per heavy atom. The summed E-state index contributed by atoms with van der Waals surface area (Å²) in [6.45, 7) is 2.95. The molecule has 1 saturated heterocycles. The van der Waals surface area contributed by atoms with E-state index in [0.717, 1.165) is 18.4 Å². The highest BCUT2D eigenvalue weighted by molar-refractivity contribution is 5.92. The molecule has 128 valence electrons. The van der Waals surface area contributed by atoms with Crippen LogP contribution in [-0.4, -0.2) is 50.1 Å². The fourth-order valence-electron chi connectivity index (χ4n) is 3.22. The maximum atomic E-state index is 13.2. The molecule has 1 aliphatic rings. The van der Waals surface area contributed by atoms with Gasteiger partial charge in [0, 0.05) is 6.54 Å². The molecule has 3 rings (SSSR count). The summed E-state index contributed by atoms with van der Waals surface area (Å²) >= 11 is 0. The van der Waals surface area contributed by atoms with Crippen LogP contribution in [0.1, 0.15) is 35.8 Å². The smallest absolute Gasteiger partial charge is 0.276 e. The maximum Gasteiger partial charge on any atom is 0.276 e. The van der Waals surface area contributed by atoms with Gasteiger partial charge in [-0.05, 0) is 36.5 Å². The molecule has 2 atom stereocenters. The molecule has 1 aromatic carbocycles. The Morgan fingerprint density at radius 3 is 3.04 bits per heavy atom. The number of rotatable bonds is 4. The molecule has 24 heavy (non-hydrogen) atoms. The van der Waals surface area contributed by atoms with Crippen molar-refractivity contribution in [2.45, 2.75) is 32.4 Å². The van der Waals surface area contributed by atoms with Gasteiger partial charge < -0.3 is 10.0 Å². The lowest BCUT2D eigenvalue weighted by Gasteiger charge is -2.38. The monoisotopic (exact) mass is 332 g/mol. The molecular formula is C17H21FN4O2. The van der Waals surface area contributed by atoms with Crippen molar-refractivity contribution in [3.05, 3.63) is 47.5 Å². The number of carbonyl (C=O) groups is 1. The Kier molecular flexibility index (Phi) is 4.89. The molecule has 0 radical (unpaired) electrons. The molecule has 2 heterocycles. The number of amides is 1. The number of aliphatic hydroxyl groups is 1. The molecular weight excluding hydrogens is 311 g/mol. The second kappa shape index (κ2) is 7.09. The number of halogens is 1. The van der Waals surface area contributed by atoms with E-state index in [-0.39, 0.29) is 36.0 Å². The molecule has 1 aliphatic heterocycles. The Labute approximate surface area is 139 Å². The van der Waals surface area contributed by atoms with Gasteiger partial charge in [-0.15, -0.1) is 5.10 Å². The summed E-state index contributed by atoms with van der Waals surface area (Å²) in [5.41, 5.74) is 0.998. The van der Waals surface area contributed by atoms with Gasteiger partial charge in [-0.2, -0.15) is 0 Å². The summed E-state index contributed by atoms with van der Waals surface area (Å²) in [6, 6.07) is 6.05. The predicted molar refractivity (Wildman–Crippen MR) is 85.8 cm³/mol. The number of nitrogens with zero attached hydrogens (tertiary/aromatic N) is 4. The molecule has 1 N–H and O–H groups in total. The van der Waals surface area contributed by atoms with E-state index < -0.39 is 0 Å². The second-order valence-electron chi connectivity index (χ2n) is 6.30. The van der Waals surface area contributed by atoms with Crippen molar-refractivity contribution in [1.82, 2.24) is 19.9 Å². The predicted octanol–water partition coefficient (Wildman–Crippen LogP) is 1.70. The SMILES string of the molecule is CC1CCCN(C(=O)c2cn(Cc3cccc(F)c3)nn2)C1CO.